The molecule has 0 saturated heterocycles. The lowest BCUT2D eigenvalue weighted by molar-refractivity contribution is 0.0956. The first-order valence-corrected chi connectivity index (χ1v) is 9.95. The topological polar surface area (TPSA) is 60.1 Å². The van der Waals surface area contributed by atoms with Crippen molar-refractivity contribution in [3.63, 3.8) is 0 Å². The van der Waals surface area contributed by atoms with Crippen LogP contribution in [0.3, 0.4) is 0 Å². The molecule has 0 bridgehead atoms. The number of Topliss-reactive ketones (excluding diaryl/α,β-unsaturated/α-hetero) is 1. The summed E-state index contributed by atoms with van der Waals surface area (Å²) in [4.78, 5) is 13.9. The molecule has 3 heterocycles. The summed E-state index contributed by atoms with van der Waals surface area (Å²) in [5.41, 5.74) is 4.73. The number of aromatic nitrogens is 4. The Balaban J connectivity index is 1.69. The Morgan fingerprint density at radius 3 is 2.70 bits per heavy atom. The highest BCUT2D eigenvalue weighted by atomic mass is 35.5. The SMILES string of the molecule is Cc1nn2c3c(nnc2c1-c1ccc(Cl)cc1)C(=O)CC(c1cccs1)C3. The number of benzene rings is 1. The van der Waals surface area contributed by atoms with Crippen molar-refractivity contribution in [2.45, 2.75) is 25.7 Å². The maximum Gasteiger partial charge on any atom is 0.185 e. The second kappa shape index (κ2) is 6.25. The van der Waals surface area contributed by atoms with E-state index in [0.29, 0.717) is 22.8 Å². The van der Waals surface area contributed by atoms with Gasteiger partial charge in [-0.1, -0.05) is 29.8 Å². The first kappa shape index (κ1) is 16.6. The molecule has 1 aliphatic carbocycles. The number of rotatable bonds is 2. The lowest BCUT2D eigenvalue weighted by Gasteiger charge is -2.21. The molecule has 0 amide bonds. The van der Waals surface area contributed by atoms with Crippen molar-refractivity contribution < 1.29 is 4.79 Å². The third-order valence-electron chi connectivity index (χ3n) is 5.02. The monoisotopic (exact) mass is 394 g/mol. The van der Waals surface area contributed by atoms with Crippen LogP contribution in [-0.4, -0.2) is 25.6 Å². The Hall–Kier alpha value is -2.57. The minimum absolute atomic E-state index is 0.0326. The highest BCUT2D eigenvalue weighted by Gasteiger charge is 2.31. The maximum atomic E-state index is 12.7. The molecule has 1 aromatic carbocycles. The fraction of sp³-hybridized carbons (Fsp3) is 0.200. The Labute approximate surface area is 164 Å². The van der Waals surface area contributed by atoms with Crippen molar-refractivity contribution in [3.05, 3.63) is 68.8 Å². The Morgan fingerprint density at radius 1 is 1.15 bits per heavy atom. The molecule has 5 rings (SSSR count). The highest BCUT2D eigenvalue weighted by Crippen LogP contribution is 2.36. The van der Waals surface area contributed by atoms with Gasteiger partial charge >= 0.3 is 0 Å². The summed E-state index contributed by atoms with van der Waals surface area (Å²) in [5, 5.41) is 16.1. The third kappa shape index (κ3) is 2.67. The van der Waals surface area contributed by atoms with Crippen LogP contribution in [0.15, 0.2) is 41.8 Å². The molecule has 0 fully saturated rings. The fourth-order valence-electron chi connectivity index (χ4n) is 3.76. The van der Waals surface area contributed by atoms with Gasteiger partial charge in [-0.25, -0.2) is 4.52 Å². The van der Waals surface area contributed by atoms with Crippen LogP contribution in [0.1, 0.15) is 39.1 Å². The molecule has 7 heteroatoms. The van der Waals surface area contributed by atoms with E-state index in [1.165, 1.54) is 4.88 Å². The molecular formula is C20H15ClN4OS. The summed E-state index contributed by atoms with van der Waals surface area (Å²) < 4.78 is 1.80. The number of aryl methyl sites for hydroxylation is 1. The molecule has 1 atom stereocenters. The van der Waals surface area contributed by atoms with Crippen LogP contribution in [0.2, 0.25) is 5.02 Å². The Morgan fingerprint density at radius 2 is 1.96 bits per heavy atom. The molecule has 4 aromatic rings. The van der Waals surface area contributed by atoms with Crippen LogP contribution in [-0.2, 0) is 6.42 Å². The van der Waals surface area contributed by atoms with E-state index in [9.17, 15) is 4.79 Å². The average molecular weight is 395 g/mol. The number of thiophene rings is 1. The van der Waals surface area contributed by atoms with Gasteiger partial charge in [0.25, 0.3) is 0 Å². The van der Waals surface area contributed by atoms with Gasteiger partial charge in [-0.05, 0) is 36.1 Å². The Bertz CT molecular complexity index is 1170. The first-order valence-electron chi connectivity index (χ1n) is 8.69. The molecule has 1 aliphatic rings. The van der Waals surface area contributed by atoms with E-state index in [2.05, 4.69) is 16.3 Å². The van der Waals surface area contributed by atoms with Crippen molar-refractivity contribution in [3.8, 4) is 11.1 Å². The van der Waals surface area contributed by atoms with Crippen molar-refractivity contribution in [1.82, 2.24) is 19.8 Å². The summed E-state index contributed by atoms with van der Waals surface area (Å²) in [5.74, 6) is 0.200. The number of carbonyl (C=O) groups is 1. The Kier molecular flexibility index (Phi) is 3.84. The van der Waals surface area contributed by atoms with E-state index in [-0.39, 0.29) is 11.7 Å². The van der Waals surface area contributed by atoms with Crippen LogP contribution in [0.5, 0.6) is 0 Å². The molecule has 1 unspecified atom stereocenters. The largest absolute Gasteiger partial charge is 0.292 e. The molecule has 0 spiro atoms. The number of carbonyl (C=O) groups excluding carboxylic acids is 1. The third-order valence-corrected chi connectivity index (χ3v) is 6.31. The molecule has 27 heavy (non-hydrogen) atoms. The van der Waals surface area contributed by atoms with Crippen molar-refractivity contribution in [1.29, 1.82) is 0 Å². The zero-order chi connectivity index (χ0) is 18.5. The van der Waals surface area contributed by atoms with Crippen molar-refractivity contribution >= 4 is 34.4 Å². The standard InChI is InChI=1S/C20H15ClN4OS/c1-11-18(12-4-6-14(21)7-5-12)20-23-22-19-15(25(20)24-11)9-13(10-16(19)26)17-3-2-8-27-17/h2-8,13H,9-10H2,1H3. The minimum atomic E-state index is 0.0326. The zero-order valence-corrected chi connectivity index (χ0v) is 16.1. The van der Waals surface area contributed by atoms with Gasteiger partial charge in [0.15, 0.2) is 17.1 Å². The van der Waals surface area contributed by atoms with Crippen LogP contribution in [0.25, 0.3) is 16.8 Å². The minimum Gasteiger partial charge on any atom is -0.292 e. The molecule has 134 valence electrons. The molecule has 0 saturated carbocycles. The summed E-state index contributed by atoms with van der Waals surface area (Å²) >= 11 is 7.71. The number of halogens is 1. The smallest absolute Gasteiger partial charge is 0.185 e. The second-order valence-electron chi connectivity index (χ2n) is 6.74. The number of hydrogen-bond acceptors (Lipinski definition) is 5. The van der Waals surface area contributed by atoms with Crippen LogP contribution >= 0.6 is 22.9 Å². The number of hydrogen-bond donors (Lipinski definition) is 0. The van der Waals surface area contributed by atoms with Gasteiger partial charge in [0.2, 0.25) is 0 Å². The number of nitrogens with zero attached hydrogens (tertiary/aromatic N) is 4. The highest BCUT2D eigenvalue weighted by molar-refractivity contribution is 7.10. The van der Waals surface area contributed by atoms with E-state index in [0.717, 1.165) is 28.9 Å². The van der Waals surface area contributed by atoms with Crippen LogP contribution in [0.4, 0.5) is 0 Å². The summed E-state index contributed by atoms with van der Waals surface area (Å²) in [6.45, 7) is 1.95. The normalized spacial score (nSPS) is 16.7. The van der Waals surface area contributed by atoms with E-state index in [4.69, 9.17) is 16.7 Å². The van der Waals surface area contributed by atoms with E-state index < -0.39 is 0 Å². The van der Waals surface area contributed by atoms with Gasteiger partial charge in [-0.3, -0.25) is 4.79 Å². The van der Waals surface area contributed by atoms with E-state index >= 15 is 0 Å². The zero-order valence-electron chi connectivity index (χ0n) is 14.5. The summed E-state index contributed by atoms with van der Waals surface area (Å²) in [6, 6.07) is 11.7. The predicted molar refractivity (Wildman–Crippen MR) is 106 cm³/mol. The van der Waals surface area contributed by atoms with Gasteiger partial charge in [0, 0.05) is 28.7 Å². The predicted octanol–water partition coefficient (Wildman–Crippen LogP) is 4.73. The van der Waals surface area contributed by atoms with Gasteiger partial charge in [-0.15, -0.1) is 21.5 Å². The van der Waals surface area contributed by atoms with Crippen LogP contribution < -0.4 is 0 Å². The fourth-order valence-corrected chi connectivity index (χ4v) is 4.71. The molecular weight excluding hydrogens is 380 g/mol. The quantitative estimate of drug-likeness (QED) is 0.493. The molecule has 3 aromatic heterocycles. The van der Waals surface area contributed by atoms with E-state index in [1.807, 2.05) is 42.6 Å². The van der Waals surface area contributed by atoms with Gasteiger partial charge < -0.3 is 0 Å². The molecule has 0 N–H and O–H groups in total. The summed E-state index contributed by atoms with van der Waals surface area (Å²) in [6.07, 6.45) is 1.20. The average Bonchev–Trinajstić information content (AvgIpc) is 3.30. The second-order valence-corrected chi connectivity index (χ2v) is 8.16. The number of ketones is 1. The first-order chi connectivity index (χ1) is 13.1. The van der Waals surface area contributed by atoms with Gasteiger partial charge in [-0.2, -0.15) is 5.10 Å². The lowest BCUT2D eigenvalue weighted by atomic mass is 9.87. The van der Waals surface area contributed by atoms with Crippen molar-refractivity contribution in [2.24, 2.45) is 0 Å². The van der Waals surface area contributed by atoms with Crippen LogP contribution in [0, 0.1) is 6.92 Å². The number of fused-ring (bicyclic) bond motifs is 3. The molecule has 0 radical (unpaired) electrons. The lowest BCUT2D eigenvalue weighted by Crippen LogP contribution is -2.23. The van der Waals surface area contributed by atoms with Gasteiger partial charge in [0.05, 0.1) is 17.0 Å². The maximum absolute atomic E-state index is 12.7. The molecule has 0 aliphatic heterocycles. The summed E-state index contributed by atoms with van der Waals surface area (Å²) in [7, 11) is 0. The molecule has 5 nitrogen and oxygen atoms in total. The van der Waals surface area contributed by atoms with Crippen molar-refractivity contribution in [2.75, 3.05) is 0 Å². The van der Waals surface area contributed by atoms with Gasteiger partial charge in [0.1, 0.15) is 0 Å². The van der Waals surface area contributed by atoms with E-state index in [1.54, 1.807) is 15.9 Å².